The van der Waals surface area contributed by atoms with Crippen molar-refractivity contribution in [2.24, 2.45) is 0 Å². The van der Waals surface area contributed by atoms with E-state index in [4.69, 9.17) is 28.7 Å². The van der Waals surface area contributed by atoms with Gasteiger partial charge < -0.3 is 28.6 Å². The molecule has 0 saturated carbocycles. The topological polar surface area (TPSA) is 125 Å². The highest BCUT2D eigenvalue weighted by atomic mass is 32.1. The number of carbonyl (C=O) groups excluding carboxylic acids is 2. The minimum Gasteiger partial charge on any atom is -0.480 e. The van der Waals surface area contributed by atoms with E-state index < -0.39 is 12.4 Å². The van der Waals surface area contributed by atoms with Gasteiger partial charge in [-0.15, -0.1) is 11.3 Å². The lowest BCUT2D eigenvalue weighted by Crippen LogP contribution is -2.40. The third-order valence-corrected chi connectivity index (χ3v) is 8.72. The first kappa shape index (κ1) is 28.7. The van der Waals surface area contributed by atoms with Gasteiger partial charge in [0, 0.05) is 37.0 Å². The fraction of sp³-hybridized carbons (Fsp3) is 0.281. The van der Waals surface area contributed by atoms with Crippen molar-refractivity contribution in [2.75, 3.05) is 52.0 Å². The van der Waals surface area contributed by atoms with Gasteiger partial charge in [-0.3, -0.25) is 9.69 Å². The fourth-order valence-electron chi connectivity index (χ4n) is 5.26. The molecule has 1 fully saturated rings. The number of anilines is 1. The van der Waals surface area contributed by atoms with Gasteiger partial charge in [-0.05, 0) is 61.0 Å². The molecular formula is C32H29N5O7S. The second kappa shape index (κ2) is 11.8. The van der Waals surface area contributed by atoms with Crippen LogP contribution in [-0.4, -0.2) is 85.2 Å². The number of morpholine rings is 1. The molecule has 0 aliphatic carbocycles. The second-order valence-corrected chi connectivity index (χ2v) is 11.6. The molecule has 3 aromatic carbocycles. The van der Waals surface area contributed by atoms with Gasteiger partial charge in [0.1, 0.15) is 9.71 Å². The number of methoxy groups -OCH3 is 1. The number of aromatic nitrogens is 3. The molecular weight excluding hydrogens is 598 g/mol. The number of rotatable bonds is 5. The van der Waals surface area contributed by atoms with Crippen molar-refractivity contribution in [3.8, 4) is 28.0 Å². The van der Waals surface area contributed by atoms with Crippen LogP contribution in [0.25, 0.3) is 31.8 Å². The Labute approximate surface area is 262 Å². The van der Waals surface area contributed by atoms with Crippen LogP contribution >= 0.6 is 11.3 Å². The molecule has 7 rings (SSSR count). The van der Waals surface area contributed by atoms with Gasteiger partial charge in [-0.1, -0.05) is 0 Å². The van der Waals surface area contributed by atoms with Crippen molar-refractivity contribution in [3.05, 3.63) is 65.9 Å². The molecule has 2 aliphatic heterocycles. The Bertz CT molecular complexity index is 1920. The van der Waals surface area contributed by atoms with Crippen LogP contribution in [-0.2, 0) is 9.47 Å². The van der Waals surface area contributed by atoms with Crippen molar-refractivity contribution in [1.29, 1.82) is 0 Å². The van der Waals surface area contributed by atoms with E-state index >= 15 is 0 Å². The van der Waals surface area contributed by atoms with Crippen LogP contribution in [0.4, 0.5) is 10.5 Å². The van der Waals surface area contributed by atoms with Crippen LogP contribution in [0.15, 0.2) is 54.7 Å². The molecule has 230 valence electrons. The average molecular weight is 628 g/mol. The first-order valence-electron chi connectivity index (χ1n) is 14.3. The zero-order chi connectivity index (χ0) is 31.1. The van der Waals surface area contributed by atoms with Gasteiger partial charge >= 0.3 is 6.09 Å². The molecule has 0 unspecified atom stereocenters. The molecule has 45 heavy (non-hydrogen) atoms. The van der Waals surface area contributed by atoms with E-state index in [0.717, 1.165) is 37.4 Å². The number of aryl methyl sites for hydroxylation is 1. The first-order chi connectivity index (χ1) is 21.9. The maximum absolute atomic E-state index is 13.0. The monoisotopic (exact) mass is 627 g/mol. The summed E-state index contributed by atoms with van der Waals surface area (Å²) in [5.74, 6) is 1.37. The number of hydrogen-bond acceptors (Lipinski definition) is 11. The summed E-state index contributed by atoms with van der Waals surface area (Å²) in [6.07, 6.45) is 0.0180. The molecule has 0 N–H and O–H groups in total. The van der Waals surface area contributed by atoms with E-state index in [2.05, 4.69) is 9.97 Å². The van der Waals surface area contributed by atoms with Gasteiger partial charge in [0.25, 0.3) is 12.2 Å². The summed E-state index contributed by atoms with van der Waals surface area (Å²) in [6.45, 7) is 4.18. The Kier molecular flexibility index (Phi) is 7.55. The van der Waals surface area contributed by atoms with Crippen LogP contribution in [0.1, 0.15) is 15.9 Å². The Morgan fingerprint density at radius 3 is 2.62 bits per heavy atom. The molecule has 13 heteroatoms. The van der Waals surface area contributed by atoms with E-state index in [1.807, 2.05) is 25.1 Å². The third kappa shape index (κ3) is 5.56. The average Bonchev–Trinajstić information content (AvgIpc) is 3.52. The van der Waals surface area contributed by atoms with E-state index in [9.17, 15) is 9.59 Å². The summed E-state index contributed by atoms with van der Waals surface area (Å²) >= 11 is 1.46. The van der Waals surface area contributed by atoms with Crippen molar-refractivity contribution in [2.45, 2.75) is 13.2 Å². The van der Waals surface area contributed by atoms with Gasteiger partial charge in [0.15, 0.2) is 18.1 Å². The maximum Gasteiger partial charge on any atom is 0.417 e. The summed E-state index contributed by atoms with van der Waals surface area (Å²) in [5, 5.41) is 0.767. The Hall–Kier alpha value is -5.01. The van der Waals surface area contributed by atoms with Crippen LogP contribution in [0.3, 0.4) is 0 Å². The quantitative estimate of drug-likeness (QED) is 0.261. The number of benzene rings is 3. The van der Waals surface area contributed by atoms with E-state index in [1.54, 1.807) is 55.6 Å². The largest absolute Gasteiger partial charge is 0.480 e. The number of amides is 2. The van der Waals surface area contributed by atoms with Gasteiger partial charge in [-0.2, -0.15) is 0 Å². The molecule has 0 bridgehead atoms. The molecule has 2 amide bonds. The molecule has 0 spiro atoms. The van der Waals surface area contributed by atoms with Crippen molar-refractivity contribution in [1.82, 2.24) is 19.9 Å². The lowest BCUT2D eigenvalue weighted by atomic mass is 10.1. The lowest BCUT2D eigenvalue weighted by molar-refractivity contribution is -0.0717. The molecule has 1 atom stereocenters. The van der Waals surface area contributed by atoms with E-state index in [-0.39, 0.29) is 12.5 Å². The highest BCUT2D eigenvalue weighted by molar-refractivity contribution is 7.22. The minimum absolute atomic E-state index is 0.00453. The summed E-state index contributed by atoms with van der Waals surface area (Å²) in [4.78, 5) is 42.8. The van der Waals surface area contributed by atoms with E-state index in [1.165, 1.54) is 16.2 Å². The summed E-state index contributed by atoms with van der Waals surface area (Å²) in [5.41, 5.74) is 5.19. The standard InChI is InChI=1S/C32H29N5O7S/c1-18-14-21(27-23(15-18)34-25(40-3)16-33-27)30-35-22-8-9-24-28(29(22)45-30)42-17-26(43-24)44-32(39)36(2)20-6-4-19(5-7-20)31(38)37-10-12-41-13-11-37/h4-9,14-16,26H,10-13,17H2,1-3H3/t26-/m1/s1. The van der Waals surface area contributed by atoms with Crippen molar-refractivity contribution in [3.63, 3.8) is 0 Å². The van der Waals surface area contributed by atoms with Gasteiger partial charge in [-0.25, -0.2) is 19.7 Å². The normalized spacial score (nSPS) is 16.1. The third-order valence-electron chi connectivity index (χ3n) is 7.61. The second-order valence-electron chi connectivity index (χ2n) is 10.6. The van der Waals surface area contributed by atoms with Crippen LogP contribution in [0.5, 0.6) is 17.4 Å². The van der Waals surface area contributed by atoms with Crippen molar-refractivity contribution < 1.29 is 33.3 Å². The first-order valence-corrected chi connectivity index (χ1v) is 15.2. The fourth-order valence-corrected chi connectivity index (χ4v) is 6.34. The van der Waals surface area contributed by atoms with Crippen LogP contribution in [0.2, 0.25) is 0 Å². The Morgan fingerprint density at radius 1 is 1.04 bits per heavy atom. The molecule has 5 aromatic rings. The molecule has 4 heterocycles. The molecule has 1 saturated heterocycles. The predicted octanol–water partition coefficient (Wildman–Crippen LogP) is 5.07. The summed E-state index contributed by atoms with van der Waals surface area (Å²) < 4.78 is 29.1. The summed E-state index contributed by atoms with van der Waals surface area (Å²) in [6, 6.07) is 14.4. The SMILES string of the molecule is COc1cnc2c(-c3nc4ccc5c(c4s3)OC[C@@H](OC(=O)N(C)c3ccc(C(=O)N4CCOCC4)cc3)O5)cc(C)cc2n1. The molecule has 12 nitrogen and oxygen atoms in total. The number of fused-ring (bicyclic) bond motifs is 4. The van der Waals surface area contributed by atoms with Gasteiger partial charge in [0.2, 0.25) is 5.88 Å². The number of hydrogen-bond donors (Lipinski definition) is 0. The van der Waals surface area contributed by atoms with Gasteiger partial charge in [0.05, 0.1) is 43.1 Å². The predicted molar refractivity (Wildman–Crippen MR) is 167 cm³/mol. The number of carbonyl (C=O) groups is 2. The minimum atomic E-state index is -0.953. The number of thiazole rings is 1. The Balaban J connectivity index is 1.05. The molecule has 0 radical (unpaired) electrons. The zero-order valence-electron chi connectivity index (χ0n) is 24.8. The zero-order valence-corrected chi connectivity index (χ0v) is 25.6. The van der Waals surface area contributed by atoms with E-state index in [0.29, 0.717) is 54.9 Å². The maximum atomic E-state index is 13.0. The van der Waals surface area contributed by atoms with Crippen molar-refractivity contribution >= 4 is 50.3 Å². The highest BCUT2D eigenvalue weighted by Crippen LogP contribution is 2.44. The molecule has 2 aromatic heterocycles. The summed E-state index contributed by atoms with van der Waals surface area (Å²) in [7, 11) is 3.15. The smallest absolute Gasteiger partial charge is 0.417 e. The lowest BCUT2D eigenvalue weighted by Gasteiger charge is -2.28. The van der Waals surface area contributed by atoms with Crippen LogP contribution in [0, 0.1) is 6.92 Å². The molecule has 2 aliphatic rings. The number of nitrogens with zero attached hydrogens (tertiary/aromatic N) is 5. The Morgan fingerprint density at radius 2 is 1.84 bits per heavy atom. The number of ether oxygens (including phenoxy) is 5. The highest BCUT2D eigenvalue weighted by Gasteiger charge is 2.29. The van der Waals surface area contributed by atoms with Crippen LogP contribution < -0.4 is 19.1 Å².